The van der Waals surface area contributed by atoms with E-state index in [1.165, 1.54) is 12.1 Å². The molecule has 1 heterocycles. The molecule has 0 spiro atoms. The van der Waals surface area contributed by atoms with Gasteiger partial charge in [0.2, 0.25) is 5.91 Å². The number of hydrogen-bond donors (Lipinski definition) is 1. The van der Waals surface area contributed by atoms with Crippen molar-refractivity contribution in [1.29, 1.82) is 0 Å². The predicted octanol–water partition coefficient (Wildman–Crippen LogP) is 6.73. The number of furan rings is 1. The number of fused-ring (bicyclic) bond motifs is 3. The molecule has 0 aliphatic carbocycles. The summed E-state index contributed by atoms with van der Waals surface area (Å²) in [7, 11) is 0. The van der Waals surface area contributed by atoms with E-state index in [0.717, 1.165) is 27.3 Å². The fourth-order valence-corrected chi connectivity index (χ4v) is 3.58. The van der Waals surface area contributed by atoms with Crippen molar-refractivity contribution >= 4 is 68.1 Å². The van der Waals surface area contributed by atoms with Crippen LogP contribution in [0.1, 0.15) is 5.56 Å². The summed E-state index contributed by atoms with van der Waals surface area (Å²) in [6.07, 6.45) is 1.77. The molecule has 0 radical (unpaired) electrons. The third-order valence-corrected chi connectivity index (χ3v) is 5.21. The molecule has 0 unspecified atom stereocenters. The van der Waals surface area contributed by atoms with Gasteiger partial charge in [0.05, 0.1) is 33.4 Å². The molecule has 1 aromatic heterocycles. The maximum Gasteiger partial charge on any atom is 0.228 e. The zero-order chi connectivity index (χ0) is 18.3. The second-order valence-corrected chi connectivity index (χ2v) is 7.11. The van der Waals surface area contributed by atoms with E-state index >= 15 is 0 Å². The second-order valence-electron chi connectivity index (χ2n) is 5.89. The highest BCUT2D eigenvalue weighted by atomic mass is 35.5. The number of halogens is 3. The Balaban J connectivity index is 1.66. The number of nitrogens with one attached hydrogen (secondary N) is 1. The molecule has 0 aliphatic rings. The molecule has 1 N–H and O–H groups in total. The quantitative estimate of drug-likeness (QED) is 0.385. The van der Waals surface area contributed by atoms with Gasteiger partial charge < -0.3 is 9.73 Å². The van der Waals surface area contributed by atoms with Gasteiger partial charge in [-0.1, -0.05) is 65.1 Å². The van der Waals surface area contributed by atoms with E-state index in [-0.39, 0.29) is 12.3 Å². The lowest BCUT2D eigenvalue weighted by atomic mass is 10.0. The molecular formula is C20H12Cl3NO2. The van der Waals surface area contributed by atoms with E-state index in [4.69, 9.17) is 39.2 Å². The number of benzene rings is 3. The van der Waals surface area contributed by atoms with Gasteiger partial charge in [0.15, 0.2) is 0 Å². The summed E-state index contributed by atoms with van der Waals surface area (Å²) in [4.78, 5) is 12.5. The molecule has 0 aliphatic heterocycles. The van der Waals surface area contributed by atoms with Crippen LogP contribution in [0.15, 0.2) is 59.2 Å². The topological polar surface area (TPSA) is 42.2 Å². The van der Waals surface area contributed by atoms with Crippen LogP contribution in [-0.2, 0) is 11.2 Å². The molecule has 4 aromatic rings. The Morgan fingerprint density at radius 2 is 1.73 bits per heavy atom. The number of rotatable bonds is 3. The fourth-order valence-electron chi connectivity index (χ4n) is 2.99. The van der Waals surface area contributed by atoms with Crippen LogP contribution in [0.3, 0.4) is 0 Å². The maximum absolute atomic E-state index is 12.5. The molecule has 1 amide bonds. The fraction of sp³-hybridized carbons (Fsp3) is 0.0500. The molecule has 0 fully saturated rings. The molecule has 0 atom stereocenters. The third-order valence-electron chi connectivity index (χ3n) is 4.18. The first-order valence-electron chi connectivity index (χ1n) is 7.85. The highest BCUT2D eigenvalue weighted by Crippen LogP contribution is 2.33. The van der Waals surface area contributed by atoms with Crippen molar-refractivity contribution in [3.8, 4) is 0 Å². The first-order chi connectivity index (χ1) is 12.5. The minimum atomic E-state index is -0.221. The second kappa shape index (κ2) is 6.84. The smallest absolute Gasteiger partial charge is 0.228 e. The largest absolute Gasteiger partial charge is 0.464 e. The Labute approximate surface area is 164 Å². The van der Waals surface area contributed by atoms with Crippen molar-refractivity contribution in [2.45, 2.75) is 6.42 Å². The van der Waals surface area contributed by atoms with Gasteiger partial charge in [-0.05, 0) is 29.0 Å². The van der Waals surface area contributed by atoms with Crippen LogP contribution < -0.4 is 5.32 Å². The maximum atomic E-state index is 12.5. The van der Waals surface area contributed by atoms with Gasteiger partial charge in [-0.3, -0.25) is 4.79 Å². The van der Waals surface area contributed by atoms with E-state index in [0.29, 0.717) is 20.8 Å². The lowest BCUT2D eigenvalue weighted by Crippen LogP contribution is -2.14. The van der Waals surface area contributed by atoms with E-state index in [1.807, 2.05) is 36.4 Å². The van der Waals surface area contributed by atoms with E-state index in [9.17, 15) is 4.79 Å². The number of anilines is 1. The molecular weight excluding hydrogens is 393 g/mol. The summed E-state index contributed by atoms with van der Waals surface area (Å²) < 4.78 is 5.62. The number of carbonyl (C=O) groups is 1. The van der Waals surface area contributed by atoms with Crippen molar-refractivity contribution < 1.29 is 9.21 Å². The molecule has 3 nitrogen and oxygen atoms in total. The number of hydrogen-bond acceptors (Lipinski definition) is 2. The van der Waals surface area contributed by atoms with Crippen LogP contribution in [0.25, 0.3) is 21.7 Å². The van der Waals surface area contributed by atoms with Gasteiger partial charge in [-0.25, -0.2) is 0 Å². The van der Waals surface area contributed by atoms with Crippen LogP contribution in [-0.4, -0.2) is 5.91 Å². The summed E-state index contributed by atoms with van der Waals surface area (Å²) in [6, 6.07) is 14.9. The number of amides is 1. The highest BCUT2D eigenvalue weighted by molar-refractivity contribution is 6.44. The van der Waals surface area contributed by atoms with Crippen molar-refractivity contribution in [2.24, 2.45) is 0 Å². The van der Waals surface area contributed by atoms with Gasteiger partial charge in [-0.2, -0.15) is 0 Å². The summed E-state index contributed by atoms with van der Waals surface area (Å²) >= 11 is 18.0. The zero-order valence-electron chi connectivity index (χ0n) is 13.4. The van der Waals surface area contributed by atoms with Gasteiger partial charge in [-0.15, -0.1) is 0 Å². The van der Waals surface area contributed by atoms with Crippen molar-refractivity contribution in [2.75, 3.05) is 5.32 Å². The first kappa shape index (κ1) is 17.2. The van der Waals surface area contributed by atoms with Gasteiger partial charge in [0.25, 0.3) is 0 Å². The Bertz CT molecular complexity index is 1150. The monoisotopic (exact) mass is 403 g/mol. The zero-order valence-corrected chi connectivity index (χ0v) is 15.6. The van der Waals surface area contributed by atoms with Crippen LogP contribution in [0.4, 0.5) is 5.69 Å². The molecule has 6 heteroatoms. The van der Waals surface area contributed by atoms with Gasteiger partial charge in [0.1, 0.15) is 5.58 Å². The van der Waals surface area contributed by atoms with Crippen LogP contribution >= 0.6 is 34.8 Å². The van der Waals surface area contributed by atoms with E-state index in [1.54, 1.807) is 6.26 Å². The Hall–Kier alpha value is -2.20. The SMILES string of the molecule is O=C(Cc1coc2ccc3ccccc3c12)Nc1cc(Cl)c(Cl)cc1Cl. The van der Waals surface area contributed by atoms with E-state index < -0.39 is 0 Å². The lowest BCUT2D eigenvalue weighted by molar-refractivity contribution is -0.115. The van der Waals surface area contributed by atoms with Gasteiger partial charge >= 0.3 is 0 Å². The summed E-state index contributed by atoms with van der Waals surface area (Å²) in [5.74, 6) is -0.221. The standard InChI is InChI=1S/C20H12Cl3NO2/c21-14-8-16(23)17(9-15(14)22)24-19(25)7-12-10-26-18-6-5-11-3-1-2-4-13(11)20(12)18/h1-6,8-10H,7H2,(H,24,25). The Morgan fingerprint density at radius 3 is 2.58 bits per heavy atom. The van der Waals surface area contributed by atoms with Crippen molar-refractivity contribution in [1.82, 2.24) is 0 Å². The molecule has 26 heavy (non-hydrogen) atoms. The normalized spacial score (nSPS) is 11.2. The molecule has 0 saturated heterocycles. The predicted molar refractivity (Wildman–Crippen MR) is 108 cm³/mol. The molecule has 0 saturated carbocycles. The van der Waals surface area contributed by atoms with Crippen molar-refractivity contribution in [3.05, 3.63) is 75.4 Å². The minimum absolute atomic E-state index is 0.150. The van der Waals surface area contributed by atoms with Gasteiger partial charge in [0, 0.05) is 10.9 Å². The molecule has 4 rings (SSSR count). The Kier molecular flexibility index (Phi) is 4.53. The first-order valence-corrected chi connectivity index (χ1v) is 8.98. The van der Waals surface area contributed by atoms with Crippen molar-refractivity contribution in [3.63, 3.8) is 0 Å². The minimum Gasteiger partial charge on any atom is -0.464 e. The van der Waals surface area contributed by atoms with Crippen LogP contribution in [0, 0.1) is 0 Å². The van der Waals surface area contributed by atoms with E-state index in [2.05, 4.69) is 5.32 Å². The molecule has 0 bridgehead atoms. The average Bonchev–Trinajstić information content (AvgIpc) is 3.03. The van der Waals surface area contributed by atoms with Crippen LogP contribution in [0.5, 0.6) is 0 Å². The highest BCUT2D eigenvalue weighted by Gasteiger charge is 2.15. The molecule has 130 valence electrons. The molecule has 3 aromatic carbocycles. The number of carbonyl (C=O) groups excluding carboxylic acids is 1. The summed E-state index contributed by atoms with van der Waals surface area (Å²) in [5, 5.41) is 6.85. The average molecular weight is 405 g/mol. The van der Waals surface area contributed by atoms with Crippen LogP contribution in [0.2, 0.25) is 15.1 Å². The summed E-state index contributed by atoms with van der Waals surface area (Å²) in [6.45, 7) is 0. The lowest BCUT2D eigenvalue weighted by Gasteiger charge is -2.08. The Morgan fingerprint density at radius 1 is 0.962 bits per heavy atom. The summed E-state index contributed by atoms with van der Waals surface area (Å²) in [5.41, 5.74) is 1.98. The third kappa shape index (κ3) is 3.14.